The molecular formula is C19H13F3N6O. The third-order valence-electron chi connectivity index (χ3n) is 4.21. The van der Waals surface area contributed by atoms with Gasteiger partial charge in [0.25, 0.3) is 5.91 Å². The highest BCUT2D eigenvalue weighted by Gasteiger charge is 2.33. The first-order chi connectivity index (χ1) is 13.8. The number of nitrogens with one attached hydrogen (secondary N) is 1. The Balaban J connectivity index is 1.80. The van der Waals surface area contributed by atoms with Crippen molar-refractivity contribution in [2.45, 2.75) is 13.1 Å². The van der Waals surface area contributed by atoms with Gasteiger partial charge >= 0.3 is 6.18 Å². The Labute approximate surface area is 162 Å². The molecule has 0 aliphatic heterocycles. The molecule has 0 spiro atoms. The molecule has 4 rings (SSSR count). The Hall–Kier alpha value is -3.82. The minimum Gasteiger partial charge on any atom is -0.304 e. The number of alkyl halides is 3. The molecule has 0 saturated heterocycles. The van der Waals surface area contributed by atoms with Crippen molar-refractivity contribution in [3.63, 3.8) is 0 Å². The van der Waals surface area contributed by atoms with Crippen LogP contribution < -0.4 is 5.32 Å². The molecule has 0 aliphatic carbocycles. The Kier molecular flexibility index (Phi) is 4.45. The van der Waals surface area contributed by atoms with E-state index in [1.165, 1.54) is 47.4 Å². The normalized spacial score (nSPS) is 11.6. The fraction of sp³-hybridized carbons (Fsp3) is 0.105. The molecule has 29 heavy (non-hydrogen) atoms. The van der Waals surface area contributed by atoms with Crippen LogP contribution in [0.1, 0.15) is 21.7 Å². The Morgan fingerprint density at radius 3 is 2.62 bits per heavy atom. The molecular weight excluding hydrogens is 385 g/mol. The van der Waals surface area contributed by atoms with Crippen LogP contribution >= 0.6 is 0 Å². The number of carbonyl (C=O) groups is 1. The fourth-order valence-corrected chi connectivity index (χ4v) is 2.88. The molecule has 1 aromatic carbocycles. The number of imidazole rings is 1. The quantitative estimate of drug-likeness (QED) is 0.568. The van der Waals surface area contributed by atoms with E-state index in [4.69, 9.17) is 0 Å². The molecule has 0 bridgehead atoms. The Bertz CT molecular complexity index is 1200. The molecule has 3 heterocycles. The monoisotopic (exact) mass is 398 g/mol. The summed E-state index contributed by atoms with van der Waals surface area (Å²) >= 11 is 0. The standard InChI is InChI=1S/C19H13F3N6O/c1-11-17(26-18(29)15-8-9-23-10-24-15)28-16(25-11)7-6-14(27-28)12-4-2-3-5-13(12)19(20,21)22/h2-10H,1H3,(H,26,29). The largest absolute Gasteiger partial charge is 0.417 e. The van der Waals surface area contributed by atoms with Gasteiger partial charge in [0.1, 0.15) is 12.0 Å². The van der Waals surface area contributed by atoms with Crippen molar-refractivity contribution in [3.8, 4) is 11.3 Å². The number of fused-ring (bicyclic) bond motifs is 1. The highest BCUT2D eigenvalue weighted by molar-refractivity contribution is 6.02. The van der Waals surface area contributed by atoms with Crippen LogP contribution in [0.3, 0.4) is 0 Å². The van der Waals surface area contributed by atoms with Gasteiger partial charge in [0.05, 0.1) is 17.0 Å². The summed E-state index contributed by atoms with van der Waals surface area (Å²) in [5.74, 6) is -0.268. The second-order valence-electron chi connectivity index (χ2n) is 6.13. The summed E-state index contributed by atoms with van der Waals surface area (Å²) in [6.07, 6.45) is -1.86. The minimum absolute atomic E-state index is 0.0682. The van der Waals surface area contributed by atoms with Crippen LogP contribution in [0.15, 0.2) is 55.0 Å². The number of nitrogens with zero attached hydrogens (tertiary/aromatic N) is 5. The van der Waals surface area contributed by atoms with Crippen LogP contribution in [-0.4, -0.2) is 30.5 Å². The molecule has 0 radical (unpaired) electrons. The molecule has 7 nitrogen and oxygen atoms in total. The van der Waals surface area contributed by atoms with E-state index in [0.717, 1.165) is 6.07 Å². The van der Waals surface area contributed by atoms with E-state index in [2.05, 4.69) is 25.4 Å². The number of hydrogen-bond donors (Lipinski definition) is 1. The van der Waals surface area contributed by atoms with Gasteiger partial charge in [-0.25, -0.2) is 15.0 Å². The zero-order valence-corrected chi connectivity index (χ0v) is 15.0. The Morgan fingerprint density at radius 2 is 1.90 bits per heavy atom. The zero-order valence-electron chi connectivity index (χ0n) is 15.0. The molecule has 0 fully saturated rings. The maximum atomic E-state index is 13.4. The molecule has 0 saturated carbocycles. The smallest absolute Gasteiger partial charge is 0.304 e. The van der Waals surface area contributed by atoms with Gasteiger partial charge in [-0.15, -0.1) is 0 Å². The maximum absolute atomic E-state index is 13.4. The number of carbonyl (C=O) groups excluding carboxylic acids is 1. The minimum atomic E-state index is -4.53. The predicted molar refractivity (Wildman–Crippen MR) is 98.1 cm³/mol. The second-order valence-corrected chi connectivity index (χ2v) is 6.13. The number of amides is 1. The van der Waals surface area contributed by atoms with Crippen molar-refractivity contribution in [2.75, 3.05) is 5.32 Å². The average Bonchev–Trinajstić information content (AvgIpc) is 3.02. The van der Waals surface area contributed by atoms with Crippen LogP contribution in [0.5, 0.6) is 0 Å². The van der Waals surface area contributed by atoms with E-state index in [1.807, 2.05) is 0 Å². The first kappa shape index (κ1) is 18.5. The van der Waals surface area contributed by atoms with Crippen molar-refractivity contribution in [3.05, 3.63) is 71.9 Å². The van der Waals surface area contributed by atoms with Gasteiger partial charge in [0.15, 0.2) is 11.5 Å². The summed E-state index contributed by atoms with van der Waals surface area (Å²) < 4.78 is 41.4. The zero-order chi connectivity index (χ0) is 20.6. The van der Waals surface area contributed by atoms with Crippen molar-refractivity contribution in [2.24, 2.45) is 0 Å². The van der Waals surface area contributed by atoms with E-state index < -0.39 is 17.6 Å². The van der Waals surface area contributed by atoms with Gasteiger partial charge < -0.3 is 5.32 Å². The van der Waals surface area contributed by atoms with Crippen LogP contribution in [0, 0.1) is 6.92 Å². The molecule has 0 aliphatic rings. The van der Waals surface area contributed by atoms with Gasteiger partial charge in [-0.2, -0.15) is 22.8 Å². The van der Waals surface area contributed by atoms with E-state index in [9.17, 15) is 18.0 Å². The molecule has 146 valence electrons. The summed E-state index contributed by atoms with van der Waals surface area (Å²) in [6.45, 7) is 1.66. The van der Waals surface area contributed by atoms with Crippen LogP contribution in [0.2, 0.25) is 0 Å². The molecule has 10 heteroatoms. The molecule has 1 amide bonds. The Morgan fingerprint density at radius 1 is 1.10 bits per heavy atom. The lowest BCUT2D eigenvalue weighted by Crippen LogP contribution is -2.16. The highest BCUT2D eigenvalue weighted by atomic mass is 19.4. The lowest BCUT2D eigenvalue weighted by Gasteiger charge is -2.12. The molecule has 0 unspecified atom stereocenters. The first-order valence-corrected chi connectivity index (χ1v) is 8.45. The van der Waals surface area contributed by atoms with E-state index in [-0.39, 0.29) is 22.8 Å². The van der Waals surface area contributed by atoms with E-state index in [1.54, 1.807) is 13.0 Å². The number of benzene rings is 1. The maximum Gasteiger partial charge on any atom is 0.417 e. The summed E-state index contributed by atoms with van der Waals surface area (Å²) in [4.78, 5) is 24.4. The van der Waals surface area contributed by atoms with Crippen molar-refractivity contribution < 1.29 is 18.0 Å². The van der Waals surface area contributed by atoms with Gasteiger partial charge in [-0.3, -0.25) is 4.79 Å². The van der Waals surface area contributed by atoms with Gasteiger partial charge in [0.2, 0.25) is 0 Å². The number of anilines is 1. The third-order valence-corrected chi connectivity index (χ3v) is 4.21. The topological polar surface area (TPSA) is 85.1 Å². The van der Waals surface area contributed by atoms with E-state index in [0.29, 0.717) is 11.3 Å². The molecule has 4 aromatic rings. The lowest BCUT2D eigenvalue weighted by atomic mass is 10.0. The van der Waals surface area contributed by atoms with E-state index >= 15 is 0 Å². The van der Waals surface area contributed by atoms with Crippen LogP contribution in [0.25, 0.3) is 16.9 Å². The average molecular weight is 398 g/mol. The molecule has 3 aromatic heterocycles. The number of hydrogen-bond acceptors (Lipinski definition) is 5. The van der Waals surface area contributed by atoms with Crippen LogP contribution in [0.4, 0.5) is 19.0 Å². The summed E-state index contributed by atoms with van der Waals surface area (Å²) in [5, 5.41) is 6.95. The third kappa shape index (κ3) is 3.51. The number of aromatic nitrogens is 5. The van der Waals surface area contributed by atoms with Crippen LogP contribution in [-0.2, 0) is 6.18 Å². The predicted octanol–water partition coefficient (Wildman–Crippen LogP) is 3.77. The van der Waals surface area contributed by atoms with Gasteiger partial charge in [-0.05, 0) is 31.2 Å². The first-order valence-electron chi connectivity index (χ1n) is 8.45. The summed E-state index contributed by atoms with van der Waals surface area (Å²) in [7, 11) is 0. The van der Waals surface area contributed by atoms with Crippen molar-refractivity contribution in [1.29, 1.82) is 0 Å². The highest BCUT2D eigenvalue weighted by Crippen LogP contribution is 2.36. The fourth-order valence-electron chi connectivity index (χ4n) is 2.88. The number of aryl methyl sites for hydroxylation is 1. The number of halogens is 3. The molecule has 1 N–H and O–H groups in total. The van der Waals surface area contributed by atoms with Crippen molar-refractivity contribution >= 4 is 17.4 Å². The summed E-state index contributed by atoms with van der Waals surface area (Å²) in [5.41, 5.74) is 0.208. The number of rotatable bonds is 3. The van der Waals surface area contributed by atoms with Gasteiger partial charge in [-0.1, -0.05) is 18.2 Å². The summed E-state index contributed by atoms with van der Waals surface area (Å²) in [6, 6.07) is 9.61. The second kappa shape index (κ2) is 6.97. The molecule has 0 atom stereocenters. The van der Waals surface area contributed by atoms with Crippen molar-refractivity contribution in [1.82, 2.24) is 24.6 Å². The lowest BCUT2D eigenvalue weighted by molar-refractivity contribution is -0.137. The van der Waals surface area contributed by atoms with Gasteiger partial charge in [0, 0.05) is 11.8 Å². The SMILES string of the molecule is Cc1nc2ccc(-c3ccccc3C(F)(F)F)nn2c1NC(=O)c1ccncn1.